The molecule has 2 aromatic heterocycles. The van der Waals surface area contributed by atoms with E-state index in [1.165, 1.54) is 5.56 Å². The van der Waals surface area contributed by atoms with Crippen molar-refractivity contribution in [2.45, 2.75) is 0 Å². The summed E-state index contributed by atoms with van der Waals surface area (Å²) in [5, 5.41) is 4.32. The third-order valence-corrected chi connectivity index (χ3v) is 8.73. The van der Waals surface area contributed by atoms with Gasteiger partial charge in [-0.2, -0.15) is 0 Å². The van der Waals surface area contributed by atoms with Gasteiger partial charge in [-0.25, -0.2) is 15.0 Å². The van der Waals surface area contributed by atoms with Gasteiger partial charge in [-0.05, 0) is 39.6 Å². The number of hydrogen-bond donors (Lipinski definition) is 0. The smallest absolute Gasteiger partial charge is 0.164 e. The lowest BCUT2D eigenvalue weighted by Crippen LogP contribution is -2.00. The molecule has 4 heteroatoms. The highest BCUT2D eigenvalue weighted by Crippen LogP contribution is 2.43. The zero-order chi connectivity index (χ0) is 31.2. The fourth-order valence-electron chi connectivity index (χ4n) is 6.49. The Morgan fingerprint density at radius 2 is 0.915 bits per heavy atom. The minimum Gasteiger partial charge on any atom is -0.455 e. The predicted octanol–water partition coefficient (Wildman–Crippen LogP) is 11.3. The van der Waals surface area contributed by atoms with Gasteiger partial charge >= 0.3 is 0 Å². The second-order valence-electron chi connectivity index (χ2n) is 11.6. The van der Waals surface area contributed by atoms with Gasteiger partial charge in [0, 0.05) is 33.0 Å². The second kappa shape index (κ2) is 11.2. The molecule has 0 saturated heterocycles. The van der Waals surface area contributed by atoms with E-state index in [2.05, 4.69) is 109 Å². The molecule has 0 unspecified atom stereocenters. The van der Waals surface area contributed by atoms with E-state index in [1.807, 2.05) is 54.6 Å². The Hall–Kier alpha value is -6.39. The second-order valence-corrected chi connectivity index (χ2v) is 11.6. The third-order valence-electron chi connectivity index (χ3n) is 8.73. The maximum absolute atomic E-state index is 6.72. The fraction of sp³-hybridized carbons (Fsp3) is 0. The standard InChI is InChI=1S/C43H27N3O/c1-4-13-28(14-5-1)29-23-25-32(26-24-29)42-44-41(31-17-8-3-9-18-31)45-43(46-42)35-21-12-22-37-39(35)36-27-33-19-10-11-20-34(33)38(40(36)47-37)30-15-6-2-7-16-30/h1-27H. The molecule has 0 N–H and O–H groups in total. The Labute approximate surface area is 271 Å². The quantitative estimate of drug-likeness (QED) is 0.197. The average Bonchev–Trinajstić information content (AvgIpc) is 3.53. The van der Waals surface area contributed by atoms with Gasteiger partial charge in [0.25, 0.3) is 0 Å². The topological polar surface area (TPSA) is 51.8 Å². The Morgan fingerprint density at radius 3 is 1.62 bits per heavy atom. The van der Waals surface area contributed by atoms with Crippen LogP contribution < -0.4 is 0 Å². The van der Waals surface area contributed by atoms with Crippen molar-refractivity contribution in [3.63, 3.8) is 0 Å². The summed E-state index contributed by atoms with van der Waals surface area (Å²) in [6, 6.07) is 56.2. The Kier molecular flexibility index (Phi) is 6.43. The molecule has 0 radical (unpaired) electrons. The highest BCUT2D eigenvalue weighted by molar-refractivity contribution is 6.21. The number of rotatable bonds is 5. The Morgan fingerprint density at radius 1 is 0.383 bits per heavy atom. The number of fused-ring (bicyclic) bond motifs is 4. The molecule has 0 aliphatic heterocycles. The van der Waals surface area contributed by atoms with E-state index >= 15 is 0 Å². The maximum Gasteiger partial charge on any atom is 0.164 e. The van der Waals surface area contributed by atoms with Crippen LogP contribution in [0.15, 0.2) is 168 Å². The van der Waals surface area contributed by atoms with Gasteiger partial charge in [-0.1, -0.05) is 152 Å². The van der Waals surface area contributed by atoms with Gasteiger partial charge in [0.1, 0.15) is 11.2 Å². The van der Waals surface area contributed by atoms with Crippen LogP contribution in [0.4, 0.5) is 0 Å². The van der Waals surface area contributed by atoms with Gasteiger partial charge in [0.15, 0.2) is 17.5 Å². The molecule has 0 saturated carbocycles. The number of nitrogens with zero attached hydrogens (tertiary/aromatic N) is 3. The van der Waals surface area contributed by atoms with E-state index in [0.29, 0.717) is 17.5 Å². The lowest BCUT2D eigenvalue weighted by molar-refractivity contribution is 0.670. The van der Waals surface area contributed by atoms with Crippen molar-refractivity contribution in [2.75, 3.05) is 0 Å². The van der Waals surface area contributed by atoms with E-state index in [0.717, 1.165) is 66.1 Å². The molecule has 0 fully saturated rings. The molecule has 0 bridgehead atoms. The molecule has 0 aliphatic carbocycles. The molecule has 0 aliphatic rings. The largest absolute Gasteiger partial charge is 0.455 e. The highest BCUT2D eigenvalue weighted by atomic mass is 16.3. The first-order valence-corrected chi connectivity index (χ1v) is 15.7. The molecule has 9 aromatic rings. The Balaban J connectivity index is 1.29. The first-order valence-electron chi connectivity index (χ1n) is 15.7. The van der Waals surface area contributed by atoms with Crippen molar-refractivity contribution >= 4 is 32.7 Å². The van der Waals surface area contributed by atoms with Crippen LogP contribution in [0.3, 0.4) is 0 Å². The number of furan rings is 1. The molecule has 47 heavy (non-hydrogen) atoms. The zero-order valence-electron chi connectivity index (χ0n) is 25.3. The molecule has 220 valence electrons. The molecule has 2 heterocycles. The van der Waals surface area contributed by atoms with Crippen LogP contribution in [0.2, 0.25) is 0 Å². The summed E-state index contributed by atoms with van der Waals surface area (Å²) in [4.78, 5) is 15.2. The number of aromatic nitrogens is 3. The number of benzene rings is 7. The summed E-state index contributed by atoms with van der Waals surface area (Å²) in [5.74, 6) is 1.84. The molecule has 9 rings (SSSR count). The summed E-state index contributed by atoms with van der Waals surface area (Å²) in [7, 11) is 0. The average molecular weight is 602 g/mol. The SMILES string of the molecule is c1ccc(-c2ccc(-c3nc(-c4ccccc4)nc(-c4cccc5oc6c(-c7ccccc7)c7ccccc7cc6c45)n3)cc2)cc1. The summed E-state index contributed by atoms with van der Waals surface area (Å²) in [6.45, 7) is 0. The molecular formula is C43H27N3O. The first kappa shape index (κ1) is 27.0. The number of hydrogen-bond acceptors (Lipinski definition) is 4. The van der Waals surface area contributed by atoms with E-state index < -0.39 is 0 Å². The van der Waals surface area contributed by atoms with Crippen LogP contribution in [-0.4, -0.2) is 15.0 Å². The molecule has 0 spiro atoms. The summed E-state index contributed by atoms with van der Waals surface area (Å²) in [5.41, 5.74) is 8.91. The molecule has 7 aromatic carbocycles. The molecular weight excluding hydrogens is 574 g/mol. The van der Waals surface area contributed by atoms with Gasteiger partial charge in [0.05, 0.1) is 0 Å². The van der Waals surface area contributed by atoms with Crippen molar-refractivity contribution in [1.29, 1.82) is 0 Å². The highest BCUT2D eigenvalue weighted by Gasteiger charge is 2.21. The van der Waals surface area contributed by atoms with E-state index in [1.54, 1.807) is 0 Å². The minimum atomic E-state index is 0.601. The summed E-state index contributed by atoms with van der Waals surface area (Å²) >= 11 is 0. The monoisotopic (exact) mass is 601 g/mol. The van der Waals surface area contributed by atoms with Gasteiger partial charge < -0.3 is 4.42 Å². The van der Waals surface area contributed by atoms with Crippen molar-refractivity contribution in [3.8, 4) is 56.4 Å². The van der Waals surface area contributed by atoms with Crippen molar-refractivity contribution in [1.82, 2.24) is 15.0 Å². The van der Waals surface area contributed by atoms with Crippen LogP contribution in [0, 0.1) is 0 Å². The van der Waals surface area contributed by atoms with Gasteiger partial charge in [0.2, 0.25) is 0 Å². The fourth-order valence-corrected chi connectivity index (χ4v) is 6.49. The van der Waals surface area contributed by atoms with Crippen molar-refractivity contribution in [3.05, 3.63) is 164 Å². The molecule has 0 atom stereocenters. The molecule has 4 nitrogen and oxygen atoms in total. The Bertz CT molecular complexity index is 2540. The van der Waals surface area contributed by atoms with Crippen LogP contribution in [0.5, 0.6) is 0 Å². The van der Waals surface area contributed by atoms with Gasteiger partial charge in [-0.3, -0.25) is 0 Å². The van der Waals surface area contributed by atoms with Crippen LogP contribution in [-0.2, 0) is 0 Å². The van der Waals surface area contributed by atoms with E-state index in [9.17, 15) is 0 Å². The third kappa shape index (κ3) is 4.75. The van der Waals surface area contributed by atoms with Crippen molar-refractivity contribution in [2.24, 2.45) is 0 Å². The summed E-state index contributed by atoms with van der Waals surface area (Å²) < 4.78 is 6.72. The van der Waals surface area contributed by atoms with E-state index in [4.69, 9.17) is 19.4 Å². The maximum atomic E-state index is 6.72. The predicted molar refractivity (Wildman–Crippen MR) is 192 cm³/mol. The van der Waals surface area contributed by atoms with Crippen LogP contribution >= 0.6 is 0 Å². The lowest BCUT2D eigenvalue weighted by atomic mass is 9.94. The molecule has 0 amide bonds. The van der Waals surface area contributed by atoms with E-state index in [-0.39, 0.29) is 0 Å². The van der Waals surface area contributed by atoms with Crippen LogP contribution in [0.1, 0.15) is 0 Å². The normalized spacial score (nSPS) is 11.4. The lowest BCUT2D eigenvalue weighted by Gasteiger charge is -2.10. The zero-order valence-corrected chi connectivity index (χ0v) is 25.3. The minimum absolute atomic E-state index is 0.601. The van der Waals surface area contributed by atoms with Crippen molar-refractivity contribution < 1.29 is 4.42 Å². The van der Waals surface area contributed by atoms with Gasteiger partial charge in [-0.15, -0.1) is 0 Å². The summed E-state index contributed by atoms with van der Waals surface area (Å²) in [6.07, 6.45) is 0. The first-order chi connectivity index (χ1) is 23.3. The van der Waals surface area contributed by atoms with Crippen LogP contribution in [0.25, 0.3) is 89.1 Å².